The van der Waals surface area contributed by atoms with E-state index in [0.29, 0.717) is 6.61 Å². The first-order valence-electron chi connectivity index (χ1n) is 5.39. The standard InChI is InChI=1S/C10H19NO3/c12-10(2-1-5-14-9-10)8-11-3-6-13-7-4-11/h12H,1-9H2. The Labute approximate surface area is 84.8 Å². The average molecular weight is 201 g/mol. The summed E-state index contributed by atoms with van der Waals surface area (Å²) in [7, 11) is 0. The van der Waals surface area contributed by atoms with Crippen LogP contribution in [-0.2, 0) is 9.47 Å². The molecule has 2 aliphatic heterocycles. The molecule has 82 valence electrons. The molecule has 2 aliphatic rings. The van der Waals surface area contributed by atoms with Crippen molar-refractivity contribution in [3.63, 3.8) is 0 Å². The largest absolute Gasteiger partial charge is 0.386 e. The fraction of sp³-hybridized carbons (Fsp3) is 1.00. The topological polar surface area (TPSA) is 41.9 Å². The third kappa shape index (κ3) is 2.67. The van der Waals surface area contributed by atoms with Crippen molar-refractivity contribution in [3.05, 3.63) is 0 Å². The zero-order chi connectivity index (χ0) is 9.86. The molecule has 4 nitrogen and oxygen atoms in total. The Morgan fingerprint density at radius 1 is 1.14 bits per heavy atom. The Balaban J connectivity index is 1.81. The van der Waals surface area contributed by atoms with Crippen LogP contribution in [0.4, 0.5) is 0 Å². The number of aliphatic hydroxyl groups is 1. The quantitative estimate of drug-likeness (QED) is 0.675. The molecule has 1 atom stereocenters. The highest BCUT2D eigenvalue weighted by molar-refractivity contribution is 4.85. The van der Waals surface area contributed by atoms with E-state index in [1.165, 1.54) is 0 Å². The van der Waals surface area contributed by atoms with Gasteiger partial charge in [-0.15, -0.1) is 0 Å². The second-order valence-electron chi connectivity index (χ2n) is 4.27. The number of hydrogen-bond acceptors (Lipinski definition) is 4. The summed E-state index contributed by atoms with van der Waals surface area (Å²) in [4.78, 5) is 2.26. The van der Waals surface area contributed by atoms with Crippen LogP contribution in [0, 0.1) is 0 Å². The first kappa shape index (κ1) is 10.4. The molecule has 0 saturated carbocycles. The van der Waals surface area contributed by atoms with Gasteiger partial charge in [0.15, 0.2) is 0 Å². The van der Waals surface area contributed by atoms with E-state index in [0.717, 1.165) is 52.3 Å². The molecular weight excluding hydrogens is 182 g/mol. The summed E-state index contributed by atoms with van der Waals surface area (Å²) < 4.78 is 10.6. The van der Waals surface area contributed by atoms with E-state index in [2.05, 4.69) is 4.90 Å². The summed E-state index contributed by atoms with van der Waals surface area (Å²) in [5.74, 6) is 0. The first-order valence-corrected chi connectivity index (χ1v) is 5.39. The van der Waals surface area contributed by atoms with Gasteiger partial charge in [0.25, 0.3) is 0 Å². The molecule has 0 bridgehead atoms. The van der Waals surface area contributed by atoms with Gasteiger partial charge < -0.3 is 14.6 Å². The van der Waals surface area contributed by atoms with Crippen molar-refractivity contribution in [2.24, 2.45) is 0 Å². The molecule has 0 spiro atoms. The Kier molecular flexibility index (Phi) is 3.38. The Hall–Kier alpha value is -0.160. The molecule has 2 rings (SSSR count). The van der Waals surface area contributed by atoms with Gasteiger partial charge in [0.2, 0.25) is 0 Å². The van der Waals surface area contributed by atoms with E-state index < -0.39 is 5.60 Å². The van der Waals surface area contributed by atoms with Crippen LogP contribution in [0.5, 0.6) is 0 Å². The van der Waals surface area contributed by atoms with E-state index >= 15 is 0 Å². The van der Waals surface area contributed by atoms with Crippen LogP contribution in [0.15, 0.2) is 0 Å². The van der Waals surface area contributed by atoms with Crippen molar-refractivity contribution in [1.29, 1.82) is 0 Å². The maximum absolute atomic E-state index is 10.2. The fourth-order valence-corrected chi connectivity index (χ4v) is 2.14. The van der Waals surface area contributed by atoms with Gasteiger partial charge in [0.05, 0.1) is 19.8 Å². The van der Waals surface area contributed by atoms with Crippen molar-refractivity contribution >= 4 is 0 Å². The van der Waals surface area contributed by atoms with E-state index in [4.69, 9.17) is 9.47 Å². The molecule has 1 N–H and O–H groups in total. The Morgan fingerprint density at radius 2 is 1.93 bits per heavy atom. The molecule has 0 aromatic rings. The average Bonchev–Trinajstić information content (AvgIpc) is 2.19. The number of nitrogens with zero attached hydrogens (tertiary/aromatic N) is 1. The van der Waals surface area contributed by atoms with E-state index in [9.17, 15) is 5.11 Å². The maximum atomic E-state index is 10.2. The minimum atomic E-state index is -0.615. The number of rotatable bonds is 2. The lowest BCUT2D eigenvalue weighted by Crippen LogP contribution is -2.51. The predicted octanol–water partition coefficient (Wildman–Crippen LogP) is -0.140. The lowest BCUT2D eigenvalue weighted by Gasteiger charge is -2.38. The molecule has 0 aromatic carbocycles. The molecule has 2 heterocycles. The van der Waals surface area contributed by atoms with Crippen LogP contribution < -0.4 is 0 Å². The molecular formula is C10H19NO3. The van der Waals surface area contributed by atoms with Crippen molar-refractivity contribution in [2.45, 2.75) is 18.4 Å². The second-order valence-corrected chi connectivity index (χ2v) is 4.27. The van der Waals surface area contributed by atoms with Gasteiger partial charge in [-0.3, -0.25) is 4.90 Å². The van der Waals surface area contributed by atoms with Crippen LogP contribution >= 0.6 is 0 Å². The highest BCUT2D eigenvalue weighted by Crippen LogP contribution is 2.20. The Bertz CT molecular complexity index is 174. The highest BCUT2D eigenvalue weighted by Gasteiger charge is 2.32. The van der Waals surface area contributed by atoms with Gasteiger partial charge in [-0.25, -0.2) is 0 Å². The van der Waals surface area contributed by atoms with Crippen LogP contribution in [0.1, 0.15) is 12.8 Å². The number of β-amino-alcohol motifs (C(OH)–C–C–N with tert-alkyl or cyclic N) is 1. The molecule has 0 aromatic heterocycles. The number of ether oxygens (including phenoxy) is 2. The minimum Gasteiger partial charge on any atom is -0.386 e. The fourth-order valence-electron chi connectivity index (χ4n) is 2.14. The Morgan fingerprint density at radius 3 is 2.57 bits per heavy atom. The van der Waals surface area contributed by atoms with Gasteiger partial charge in [0.1, 0.15) is 5.60 Å². The minimum absolute atomic E-state index is 0.490. The summed E-state index contributed by atoms with van der Waals surface area (Å²) in [6.45, 7) is 5.46. The molecule has 0 amide bonds. The lowest BCUT2D eigenvalue weighted by molar-refractivity contribution is -0.109. The summed E-state index contributed by atoms with van der Waals surface area (Å²) in [5, 5.41) is 10.2. The van der Waals surface area contributed by atoms with Gasteiger partial charge >= 0.3 is 0 Å². The van der Waals surface area contributed by atoms with Gasteiger partial charge in [0, 0.05) is 26.2 Å². The third-order valence-corrected chi connectivity index (χ3v) is 2.92. The smallest absolute Gasteiger partial charge is 0.101 e. The van der Waals surface area contributed by atoms with Crippen LogP contribution in [0.2, 0.25) is 0 Å². The van der Waals surface area contributed by atoms with E-state index in [1.54, 1.807) is 0 Å². The maximum Gasteiger partial charge on any atom is 0.101 e. The summed E-state index contributed by atoms with van der Waals surface area (Å²) >= 11 is 0. The number of hydrogen-bond donors (Lipinski definition) is 1. The third-order valence-electron chi connectivity index (χ3n) is 2.92. The highest BCUT2D eigenvalue weighted by atomic mass is 16.5. The van der Waals surface area contributed by atoms with Crippen molar-refractivity contribution < 1.29 is 14.6 Å². The molecule has 2 fully saturated rings. The molecule has 0 radical (unpaired) electrons. The second kappa shape index (κ2) is 4.57. The van der Waals surface area contributed by atoms with Gasteiger partial charge in [-0.05, 0) is 12.8 Å². The van der Waals surface area contributed by atoms with Crippen molar-refractivity contribution in [1.82, 2.24) is 4.90 Å². The summed E-state index contributed by atoms with van der Waals surface area (Å²) in [6, 6.07) is 0. The summed E-state index contributed by atoms with van der Waals surface area (Å²) in [6.07, 6.45) is 1.84. The van der Waals surface area contributed by atoms with Gasteiger partial charge in [-0.1, -0.05) is 0 Å². The molecule has 2 saturated heterocycles. The normalized spacial score (nSPS) is 35.8. The lowest BCUT2D eigenvalue weighted by atomic mass is 9.96. The zero-order valence-corrected chi connectivity index (χ0v) is 8.57. The SMILES string of the molecule is OC1(CN2CCOCC2)CCCOC1. The molecule has 14 heavy (non-hydrogen) atoms. The van der Waals surface area contributed by atoms with Crippen molar-refractivity contribution in [2.75, 3.05) is 46.1 Å². The monoisotopic (exact) mass is 201 g/mol. The zero-order valence-electron chi connectivity index (χ0n) is 8.57. The molecule has 0 aliphatic carbocycles. The van der Waals surface area contributed by atoms with E-state index in [-0.39, 0.29) is 0 Å². The molecule has 1 unspecified atom stereocenters. The predicted molar refractivity (Wildman–Crippen MR) is 52.3 cm³/mol. The van der Waals surface area contributed by atoms with Crippen LogP contribution in [-0.4, -0.2) is 61.7 Å². The van der Waals surface area contributed by atoms with Crippen molar-refractivity contribution in [3.8, 4) is 0 Å². The van der Waals surface area contributed by atoms with Crippen LogP contribution in [0.25, 0.3) is 0 Å². The van der Waals surface area contributed by atoms with Crippen LogP contribution in [0.3, 0.4) is 0 Å². The summed E-state index contributed by atoms with van der Waals surface area (Å²) in [5.41, 5.74) is -0.615. The number of morpholine rings is 1. The first-order chi connectivity index (χ1) is 6.79. The van der Waals surface area contributed by atoms with E-state index in [1.807, 2.05) is 0 Å². The van der Waals surface area contributed by atoms with Gasteiger partial charge in [-0.2, -0.15) is 0 Å². The molecule has 4 heteroatoms.